The Kier molecular flexibility index (Phi) is 5.11. The van der Waals surface area contributed by atoms with Gasteiger partial charge >= 0.3 is 0 Å². The minimum absolute atomic E-state index is 0.0404. The van der Waals surface area contributed by atoms with Crippen molar-refractivity contribution < 1.29 is 4.74 Å². The summed E-state index contributed by atoms with van der Waals surface area (Å²) in [6.07, 6.45) is 0. The fourth-order valence-electron chi connectivity index (χ4n) is 2.78. The zero-order chi connectivity index (χ0) is 18.7. The number of aromatic amines is 1. The minimum Gasteiger partial charge on any atom is -0.488 e. The van der Waals surface area contributed by atoms with Gasteiger partial charge in [-0.1, -0.05) is 35.9 Å². The molecule has 0 aliphatic heterocycles. The highest BCUT2D eigenvalue weighted by Crippen LogP contribution is 2.34. The zero-order valence-corrected chi connectivity index (χ0v) is 15.2. The Bertz CT molecular complexity index is 1060. The third-order valence-corrected chi connectivity index (χ3v) is 4.39. The van der Waals surface area contributed by atoms with Crippen LogP contribution in [0.2, 0.25) is 5.02 Å². The maximum absolute atomic E-state index is 12.1. The highest BCUT2D eigenvalue weighted by Gasteiger charge is 2.15. The van der Waals surface area contributed by atoms with E-state index in [4.69, 9.17) is 16.3 Å². The smallest absolute Gasteiger partial charge is 0.266 e. The summed E-state index contributed by atoms with van der Waals surface area (Å²) in [5, 5.41) is 9.92. The summed E-state index contributed by atoms with van der Waals surface area (Å²) in [6.45, 7) is 4.17. The zero-order valence-electron chi connectivity index (χ0n) is 14.5. The van der Waals surface area contributed by atoms with E-state index in [0.29, 0.717) is 34.2 Å². The molecule has 1 N–H and O–H groups in total. The number of nitriles is 1. The molecule has 0 atom stereocenters. The van der Waals surface area contributed by atoms with Gasteiger partial charge in [0.05, 0.1) is 0 Å². The molecule has 3 rings (SSSR count). The maximum Gasteiger partial charge on any atom is 0.266 e. The largest absolute Gasteiger partial charge is 0.488 e. The highest BCUT2D eigenvalue weighted by molar-refractivity contribution is 6.31. The van der Waals surface area contributed by atoms with Crippen molar-refractivity contribution >= 4 is 11.6 Å². The Morgan fingerprint density at radius 1 is 1.12 bits per heavy atom. The Labute approximate surface area is 156 Å². The van der Waals surface area contributed by atoms with Crippen LogP contribution in [0.1, 0.15) is 22.4 Å². The summed E-state index contributed by atoms with van der Waals surface area (Å²) in [6, 6.07) is 16.9. The first-order valence-corrected chi connectivity index (χ1v) is 8.48. The topological polar surface area (TPSA) is 65.9 Å². The van der Waals surface area contributed by atoms with E-state index in [9.17, 15) is 10.1 Å². The third-order valence-electron chi connectivity index (χ3n) is 4.16. The number of rotatable bonds is 4. The van der Waals surface area contributed by atoms with Crippen molar-refractivity contribution in [2.75, 3.05) is 0 Å². The molecule has 4 nitrogen and oxygen atoms in total. The van der Waals surface area contributed by atoms with Gasteiger partial charge in [-0.2, -0.15) is 5.26 Å². The summed E-state index contributed by atoms with van der Waals surface area (Å²) >= 11 is 6.16. The van der Waals surface area contributed by atoms with Crippen LogP contribution < -0.4 is 10.3 Å². The van der Waals surface area contributed by atoms with Crippen LogP contribution in [0.4, 0.5) is 0 Å². The minimum atomic E-state index is -0.424. The van der Waals surface area contributed by atoms with E-state index < -0.39 is 5.56 Å². The average Bonchev–Trinajstić information content (AvgIpc) is 2.61. The van der Waals surface area contributed by atoms with Gasteiger partial charge in [0, 0.05) is 21.8 Å². The molecule has 3 aromatic rings. The molecule has 1 aromatic heterocycles. The first-order valence-electron chi connectivity index (χ1n) is 8.11. The summed E-state index contributed by atoms with van der Waals surface area (Å²) in [4.78, 5) is 14.8. The molecule has 2 aromatic carbocycles. The van der Waals surface area contributed by atoms with Gasteiger partial charge in [0.1, 0.15) is 24.0 Å². The first-order chi connectivity index (χ1) is 12.5. The predicted molar refractivity (Wildman–Crippen MR) is 102 cm³/mol. The lowest BCUT2D eigenvalue weighted by atomic mass is 10.00. The lowest BCUT2D eigenvalue weighted by Crippen LogP contribution is -2.13. The number of benzene rings is 2. The molecule has 0 aliphatic carbocycles. The van der Waals surface area contributed by atoms with Gasteiger partial charge in [-0.15, -0.1) is 0 Å². The van der Waals surface area contributed by atoms with Gasteiger partial charge in [-0.3, -0.25) is 4.79 Å². The molecule has 130 valence electrons. The van der Waals surface area contributed by atoms with Crippen LogP contribution in [-0.2, 0) is 6.61 Å². The van der Waals surface area contributed by atoms with Crippen LogP contribution >= 0.6 is 11.6 Å². The SMILES string of the molecule is Cc1cc(-c2cc(Cl)ccc2OCc2ccccc2C)c(C#N)c(=O)[nH]1. The lowest BCUT2D eigenvalue weighted by Gasteiger charge is -2.14. The molecule has 0 saturated carbocycles. The average molecular weight is 365 g/mol. The number of hydrogen-bond acceptors (Lipinski definition) is 3. The van der Waals surface area contributed by atoms with E-state index in [1.165, 1.54) is 0 Å². The van der Waals surface area contributed by atoms with Gasteiger partial charge in [-0.25, -0.2) is 0 Å². The van der Waals surface area contributed by atoms with Gasteiger partial charge < -0.3 is 9.72 Å². The molecular weight excluding hydrogens is 348 g/mol. The molecule has 0 aliphatic rings. The molecule has 26 heavy (non-hydrogen) atoms. The summed E-state index contributed by atoms with van der Waals surface area (Å²) in [5.74, 6) is 0.569. The molecule has 0 unspecified atom stereocenters. The van der Waals surface area contributed by atoms with Crippen LogP contribution in [0.15, 0.2) is 53.3 Å². The van der Waals surface area contributed by atoms with Crippen LogP contribution in [0, 0.1) is 25.2 Å². The molecule has 0 fully saturated rings. The second-order valence-corrected chi connectivity index (χ2v) is 6.47. The van der Waals surface area contributed by atoms with Crippen LogP contribution in [-0.4, -0.2) is 4.98 Å². The number of pyridine rings is 1. The standard InChI is InChI=1S/C21H17ClN2O2/c1-13-5-3-4-6-15(13)12-26-20-8-7-16(22)10-18(20)17-9-14(2)24-21(25)19(17)11-23/h3-10H,12H2,1-2H3,(H,24,25). The number of aromatic nitrogens is 1. The predicted octanol–water partition coefficient (Wildman–Crippen LogP) is 4.76. The molecular formula is C21H17ClN2O2. The van der Waals surface area contributed by atoms with Gasteiger partial charge in [0.15, 0.2) is 0 Å². The maximum atomic E-state index is 12.1. The molecule has 1 heterocycles. The molecule has 0 saturated heterocycles. The number of ether oxygens (including phenoxy) is 1. The quantitative estimate of drug-likeness (QED) is 0.725. The Morgan fingerprint density at radius 2 is 1.88 bits per heavy atom. The van der Waals surface area contributed by atoms with Crippen LogP contribution in [0.3, 0.4) is 0 Å². The summed E-state index contributed by atoms with van der Waals surface area (Å²) < 4.78 is 6.01. The van der Waals surface area contributed by atoms with Gasteiger partial charge in [0.2, 0.25) is 0 Å². The van der Waals surface area contributed by atoms with Crippen molar-refractivity contribution in [1.82, 2.24) is 4.98 Å². The second-order valence-electron chi connectivity index (χ2n) is 6.04. The fourth-order valence-corrected chi connectivity index (χ4v) is 2.95. The number of nitrogens with one attached hydrogen (secondary N) is 1. The highest BCUT2D eigenvalue weighted by atomic mass is 35.5. The normalized spacial score (nSPS) is 10.4. The van der Waals surface area contributed by atoms with Crippen molar-refractivity contribution in [1.29, 1.82) is 5.26 Å². The first kappa shape index (κ1) is 17.8. The lowest BCUT2D eigenvalue weighted by molar-refractivity contribution is 0.307. The number of hydrogen-bond donors (Lipinski definition) is 1. The monoisotopic (exact) mass is 364 g/mol. The molecule has 0 bridgehead atoms. The van der Waals surface area contributed by atoms with Crippen molar-refractivity contribution in [2.45, 2.75) is 20.5 Å². The number of nitrogens with zero attached hydrogens (tertiary/aromatic N) is 1. The Hall–Kier alpha value is -3.03. The summed E-state index contributed by atoms with van der Waals surface area (Å²) in [7, 11) is 0. The van der Waals surface area contributed by atoms with Crippen molar-refractivity contribution in [3.05, 3.63) is 86.3 Å². The number of halogens is 1. The van der Waals surface area contributed by atoms with E-state index in [2.05, 4.69) is 4.98 Å². The van der Waals surface area contributed by atoms with E-state index >= 15 is 0 Å². The van der Waals surface area contributed by atoms with E-state index in [1.54, 1.807) is 31.2 Å². The van der Waals surface area contributed by atoms with Gasteiger partial charge in [0.25, 0.3) is 5.56 Å². The Morgan fingerprint density at radius 3 is 2.62 bits per heavy atom. The molecule has 5 heteroatoms. The van der Waals surface area contributed by atoms with E-state index in [-0.39, 0.29) is 5.56 Å². The Balaban J connectivity index is 2.07. The molecule has 0 amide bonds. The second kappa shape index (κ2) is 7.47. The summed E-state index contributed by atoms with van der Waals surface area (Å²) in [5.41, 5.74) is 3.61. The van der Waals surface area contributed by atoms with Crippen LogP contribution in [0.25, 0.3) is 11.1 Å². The molecule has 0 radical (unpaired) electrons. The molecule has 0 spiro atoms. The number of H-pyrrole nitrogens is 1. The third kappa shape index (κ3) is 3.63. The number of aryl methyl sites for hydroxylation is 2. The van der Waals surface area contributed by atoms with Crippen molar-refractivity contribution in [2.24, 2.45) is 0 Å². The van der Waals surface area contributed by atoms with E-state index in [0.717, 1.165) is 11.1 Å². The van der Waals surface area contributed by atoms with Gasteiger partial charge in [-0.05, 0) is 49.2 Å². The van der Waals surface area contributed by atoms with E-state index in [1.807, 2.05) is 37.3 Å². The van der Waals surface area contributed by atoms with Crippen molar-refractivity contribution in [3.63, 3.8) is 0 Å². The fraction of sp³-hybridized carbons (Fsp3) is 0.143. The van der Waals surface area contributed by atoms with Crippen molar-refractivity contribution in [3.8, 4) is 22.9 Å². The van der Waals surface area contributed by atoms with Crippen LogP contribution in [0.5, 0.6) is 5.75 Å².